The summed E-state index contributed by atoms with van der Waals surface area (Å²) in [5.74, 6) is -0.543. The van der Waals surface area contributed by atoms with Crippen molar-refractivity contribution in [1.29, 1.82) is 0 Å². The summed E-state index contributed by atoms with van der Waals surface area (Å²) in [5, 5.41) is 0. The molecule has 0 aromatic heterocycles. The number of amides is 2. The maximum absolute atomic E-state index is 11.7. The van der Waals surface area contributed by atoms with Crippen LogP contribution < -0.4 is 11.5 Å². The van der Waals surface area contributed by atoms with Gasteiger partial charge < -0.3 is 16.4 Å². The van der Waals surface area contributed by atoms with Crippen molar-refractivity contribution in [3.63, 3.8) is 0 Å². The van der Waals surface area contributed by atoms with Crippen LogP contribution in [0.4, 0.5) is 0 Å². The van der Waals surface area contributed by atoms with E-state index in [4.69, 9.17) is 11.5 Å². The molecule has 0 aromatic carbocycles. The summed E-state index contributed by atoms with van der Waals surface area (Å²) in [6.45, 7) is 2.10. The SMILES string of the molecule is NCCCCCCCCCCN1CC(C(N)=O)CC1=O. The summed E-state index contributed by atoms with van der Waals surface area (Å²) in [7, 11) is 0. The first kappa shape index (κ1) is 17.0. The van der Waals surface area contributed by atoms with Crippen LogP contribution in [0.25, 0.3) is 0 Å². The lowest BCUT2D eigenvalue weighted by Gasteiger charge is -2.15. The molecule has 0 bridgehead atoms. The Kier molecular flexibility index (Phi) is 8.26. The molecule has 0 saturated carbocycles. The molecule has 0 aliphatic carbocycles. The number of likely N-dealkylation sites (tertiary alicyclic amines) is 1. The molecule has 1 aliphatic heterocycles. The number of unbranched alkanes of at least 4 members (excludes halogenated alkanes) is 7. The predicted octanol–water partition coefficient (Wildman–Crippen LogP) is 1.40. The fraction of sp³-hybridized carbons (Fsp3) is 0.867. The van der Waals surface area contributed by atoms with Crippen LogP contribution in [-0.2, 0) is 9.59 Å². The fourth-order valence-electron chi connectivity index (χ4n) is 2.69. The highest BCUT2D eigenvalue weighted by Gasteiger charge is 2.32. The van der Waals surface area contributed by atoms with E-state index < -0.39 is 0 Å². The largest absolute Gasteiger partial charge is 0.369 e. The maximum Gasteiger partial charge on any atom is 0.223 e. The van der Waals surface area contributed by atoms with Crippen LogP contribution in [0.3, 0.4) is 0 Å². The molecule has 20 heavy (non-hydrogen) atoms. The number of rotatable bonds is 11. The molecule has 0 radical (unpaired) electrons. The number of hydrogen-bond acceptors (Lipinski definition) is 3. The second kappa shape index (κ2) is 9.75. The lowest BCUT2D eigenvalue weighted by molar-refractivity contribution is -0.128. The summed E-state index contributed by atoms with van der Waals surface area (Å²) < 4.78 is 0. The van der Waals surface area contributed by atoms with Crippen molar-refractivity contribution in [1.82, 2.24) is 4.90 Å². The van der Waals surface area contributed by atoms with Gasteiger partial charge in [-0.25, -0.2) is 0 Å². The summed E-state index contributed by atoms with van der Waals surface area (Å²) in [6.07, 6.45) is 9.92. The number of nitrogens with zero attached hydrogens (tertiary/aromatic N) is 1. The highest BCUT2D eigenvalue weighted by Crippen LogP contribution is 2.18. The van der Waals surface area contributed by atoms with Crippen LogP contribution in [0, 0.1) is 5.92 Å². The first-order valence-electron chi connectivity index (χ1n) is 7.92. The Bertz CT molecular complexity index is 307. The third kappa shape index (κ3) is 6.37. The summed E-state index contributed by atoms with van der Waals surface area (Å²) in [4.78, 5) is 24.5. The van der Waals surface area contributed by atoms with Crippen molar-refractivity contribution in [2.24, 2.45) is 17.4 Å². The summed E-state index contributed by atoms with van der Waals surface area (Å²) >= 11 is 0. The van der Waals surface area contributed by atoms with E-state index in [2.05, 4.69) is 0 Å². The highest BCUT2D eigenvalue weighted by molar-refractivity contribution is 5.88. The van der Waals surface area contributed by atoms with Gasteiger partial charge in [-0.05, 0) is 19.4 Å². The highest BCUT2D eigenvalue weighted by atomic mass is 16.2. The molecule has 1 aliphatic rings. The van der Waals surface area contributed by atoms with Gasteiger partial charge in [-0.1, -0.05) is 38.5 Å². The Morgan fingerprint density at radius 3 is 2.10 bits per heavy atom. The normalized spacial score (nSPS) is 18.8. The molecule has 1 atom stereocenters. The second-order valence-electron chi connectivity index (χ2n) is 5.76. The third-order valence-electron chi connectivity index (χ3n) is 4.00. The predicted molar refractivity (Wildman–Crippen MR) is 79.9 cm³/mol. The van der Waals surface area contributed by atoms with Crippen molar-refractivity contribution in [3.05, 3.63) is 0 Å². The lowest BCUT2D eigenvalue weighted by Crippen LogP contribution is -2.29. The zero-order chi connectivity index (χ0) is 14.8. The third-order valence-corrected chi connectivity index (χ3v) is 4.00. The molecular formula is C15H29N3O2. The zero-order valence-electron chi connectivity index (χ0n) is 12.5. The molecule has 116 valence electrons. The number of primary amides is 1. The maximum atomic E-state index is 11.7. The van der Waals surface area contributed by atoms with Gasteiger partial charge in [-0.15, -0.1) is 0 Å². The first-order valence-corrected chi connectivity index (χ1v) is 7.92. The fourth-order valence-corrected chi connectivity index (χ4v) is 2.69. The second-order valence-corrected chi connectivity index (χ2v) is 5.76. The van der Waals surface area contributed by atoms with Gasteiger partial charge in [0.05, 0.1) is 5.92 Å². The standard InChI is InChI=1S/C15H29N3O2/c16-9-7-5-3-1-2-4-6-8-10-18-12-13(15(17)20)11-14(18)19/h13H,1-12,16H2,(H2,17,20). The molecule has 4 N–H and O–H groups in total. The minimum Gasteiger partial charge on any atom is -0.369 e. The molecule has 1 fully saturated rings. The average Bonchev–Trinajstić information content (AvgIpc) is 2.79. The average molecular weight is 283 g/mol. The van der Waals surface area contributed by atoms with Crippen LogP contribution in [-0.4, -0.2) is 36.3 Å². The topological polar surface area (TPSA) is 89.4 Å². The molecule has 0 aromatic rings. The van der Waals surface area contributed by atoms with Gasteiger partial charge >= 0.3 is 0 Å². The van der Waals surface area contributed by atoms with Crippen molar-refractivity contribution in [2.75, 3.05) is 19.6 Å². The van der Waals surface area contributed by atoms with E-state index in [1.807, 2.05) is 0 Å². The molecular weight excluding hydrogens is 254 g/mol. The van der Waals surface area contributed by atoms with Crippen LogP contribution in [0.2, 0.25) is 0 Å². The molecule has 5 heteroatoms. The Balaban J connectivity index is 1.96. The van der Waals surface area contributed by atoms with Crippen LogP contribution in [0.15, 0.2) is 0 Å². The zero-order valence-corrected chi connectivity index (χ0v) is 12.5. The molecule has 2 amide bonds. The van der Waals surface area contributed by atoms with Gasteiger partial charge in [-0.3, -0.25) is 9.59 Å². The van der Waals surface area contributed by atoms with Crippen LogP contribution in [0.1, 0.15) is 57.8 Å². The van der Waals surface area contributed by atoms with Gasteiger partial charge in [0.25, 0.3) is 0 Å². The Hall–Kier alpha value is -1.10. The van der Waals surface area contributed by atoms with Crippen molar-refractivity contribution < 1.29 is 9.59 Å². The lowest BCUT2D eigenvalue weighted by atomic mass is 10.1. The van der Waals surface area contributed by atoms with Crippen molar-refractivity contribution in [2.45, 2.75) is 57.8 Å². The Morgan fingerprint density at radius 2 is 1.60 bits per heavy atom. The Labute approximate surface area is 122 Å². The van der Waals surface area contributed by atoms with E-state index in [1.54, 1.807) is 4.90 Å². The molecule has 1 unspecified atom stereocenters. The number of carbonyl (C=O) groups is 2. The van der Waals surface area contributed by atoms with Gasteiger partial charge in [0.2, 0.25) is 11.8 Å². The van der Waals surface area contributed by atoms with E-state index in [-0.39, 0.29) is 17.7 Å². The quantitative estimate of drug-likeness (QED) is 0.562. The first-order chi connectivity index (χ1) is 9.65. The smallest absolute Gasteiger partial charge is 0.223 e. The van der Waals surface area contributed by atoms with E-state index in [1.165, 1.54) is 32.1 Å². The van der Waals surface area contributed by atoms with Gasteiger partial charge in [0.1, 0.15) is 0 Å². The molecule has 5 nitrogen and oxygen atoms in total. The monoisotopic (exact) mass is 283 g/mol. The number of hydrogen-bond donors (Lipinski definition) is 2. The summed E-state index contributed by atoms with van der Waals surface area (Å²) in [6, 6.07) is 0. The molecule has 1 saturated heterocycles. The molecule has 1 rings (SSSR count). The van der Waals surface area contributed by atoms with Crippen LogP contribution >= 0.6 is 0 Å². The Morgan fingerprint density at radius 1 is 1.05 bits per heavy atom. The van der Waals surface area contributed by atoms with E-state index in [0.717, 1.165) is 32.4 Å². The van der Waals surface area contributed by atoms with Gasteiger partial charge in [-0.2, -0.15) is 0 Å². The van der Waals surface area contributed by atoms with Crippen molar-refractivity contribution in [3.8, 4) is 0 Å². The minimum atomic E-state index is -0.349. The van der Waals surface area contributed by atoms with Gasteiger partial charge in [0.15, 0.2) is 0 Å². The summed E-state index contributed by atoms with van der Waals surface area (Å²) in [5.41, 5.74) is 10.7. The number of carbonyl (C=O) groups excluding carboxylic acids is 2. The van der Waals surface area contributed by atoms with E-state index >= 15 is 0 Å². The van der Waals surface area contributed by atoms with Crippen LogP contribution in [0.5, 0.6) is 0 Å². The van der Waals surface area contributed by atoms with Gasteiger partial charge in [0, 0.05) is 19.5 Å². The van der Waals surface area contributed by atoms with E-state index in [0.29, 0.717) is 13.0 Å². The molecule has 1 heterocycles. The minimum absolute atomic E-state index is 0.0792. The molecule has 0 spiro atoms. The van der Waals surface area contributed by atoms with E-state index in [9.17, 15) is 9.59 Å². The number of nitrogens with two attached hydrogens (primary N) is 2. The van der Waals surface area contributed by atoms with Crippen molar-refractivity contribution >= 4 is 11.8 Å².